The molecule has 2 rings (SSSR count). The van der Waals surface area contributed by atoms with E-state index in [0.29, 0.717) is 0 Å². The molecule has 1 heterocycles. The first-order chi connectivity index (χ1) is 8.98. The standard InChI is InChI=1S/C13H17ClO5/c14-13(6-8-4-2-1-3-5-8)12(18)11(17)10(16)9(7-15)19-13/h1-5,9-12,15-18H,6-7H2/t9-,10+,11+,12-,13-/m1/s1. The lowest BCUT2D eigenvalue weighted by molar-refractivity contribution is -0.244. The van der Waals surface area contributed by atoms with Crippen LogP contribution >= 0.6 is 11.6 Å². The molecule has 1 aromatic rings. The van der Waals surface area contributed by atoms with E-state index < -0.39 is 36.1 Å². The molecule has 1 aromatic carbocycles. The van der Waals surface area contributed by atoms with Gasteiger partial charge in [0.1, 0.15) is 24.4 Å². The van der Waals surface area contributed by atoms with Gasteiger partial charge in [-0.3, -0.25) is 0 Å². The molecule has 5 atom stereocenters. The summed E-state index contributed by atoms with van der Waals surface area (Å²) < 4.78 is 5.38. The molecular weight excluding hydrogens is 272 g/mol. The summed E-state index contributed by atoms with van der Waals surface area (Å²) in [7, 11) is 0. The Morgan fingerprint density at radius 3 is 2.32 bits per heavy atom. The summed E-state index contributed by atoms with van der Waals surface area (Å²) >= 11 is 6.24. The van der Waals surface area contributed by atoms with Crippen molar-refractivity contribution in [3.63, 3.8) is 0 Å². The fourth-order valence-corrected chi connectivity index (χ4v) is 2.62. The van der Waals surface area contributed by atoms with E-state index in [0.717, 1.165) is 5.56 Å². The molecular formula is C13H17ClO5. The summed E-state index contributed by atoms with van der Waals surface area (Å²) in [6.07, 6.45) is -5.17. The van der Waals surface area contributed by atoms with Gasteiger partial charge in [-0.15, -0.1) is 0 Å². The average molecular weight is 289 g/mol. The molecule has 0 spiro atoms. The van der Waals surface area contributed by atoms with Crippen LogP contribution in [0.5, 0.6) is 0 Å². The van der Waals surface area contributed by atoms with Gasteiger partial charge >= 0.3 is 0 Å². The minimum Gasteiger partial charge on any atom is -0.394 e. The Balaban J connectivity index is 2.21. The van der Waals surface area contributed by atoms with Crippen LogP contribution in [0, 0.1) is 0 Å². The Hall–Kier alpha value is -0.690. The Morgan fingerprint density at radius 2 is 1.74 bits per heavy atom. The first-order valence-corrected chi connectivity index (χ1v) is 6.41. The molecule has 106 valence electrons. The molecule has 0 saturated carbocycles. The number of ether oxygens (including phenoxy) is 1. The maximum Gasteiger partial charge on any atom is 0.174 e. The lowest BCUT2D eigenvalue weighted by Gasteiger charge is -2.45. The Morgan fingerprint density at radius 1 is 1.11 bits per heavy atom. The third-order valence-electron chi connectivity index (χ3n) is 3.31. The summed E-state index contributed by atoms with van der Waals surface area (Å²) in [6, 6.07) is 9.11. The van der Waals surface area contributed by atoms with Crippen LogP contribution in [-0.2, 0) is 11.2 Å². The number of hydrogen-bond donors (Lipinski definition) is 4. The van der Waals surface area contributed by atoms with Crippen molar-refractivity contribution >= 4 is 11.6 Å². The SMILES string of the molecule is OC[C@H]1O[C@](Cl)(Cc2ccccc2)[C@H](O)[C@@H](O)[C@H]1O. The third kappa shape index (κ3) is 2.91. The van der Waals surface area contributed by atoms with E-state index in [4.69, 9.17) is 21.4 Å². The fourth-order valence-electron chi connectivity index (χ4n) is 2.22. The third-order valence-corrected chi connectivity index (χ3v) is 3.76. The largest absolute Gasteiger partial charge is 0.394 e. The number of halogens is 1. The zero-order valence-electron chi connectivity index (χ0n) is 10.2. The molecule has 4 N–H and O–H groups in total. The van der Waals surface area contributed by atoms with Crippen LogP contribution in [0.4, 0.5) is 0 Å². The van der Waals surface area contributed by atoms with Crippen LogP contribution < -0.4 is 0 Å². The number of benzene rings is 1. The highest BCUT2D eigenvalue weighted by Gasteiger charge is 2.52. The van der Waals surface area contributed by atoms with Gasteiger partial charge in [0.2, 0.25) is 0 Å². The molecule has 19 heavy (non-hydrogen) atoms. The lowest BCUT2D eigenvalue weighted by atomic mass is 9.91. The van der Waals surface area contributed by atoms with Gasteiger partial charge in [-0.1, -0.05) is 41.9 Å². The zero-order valence-corrected chi connectivity index (χ0v) is 10.9. The number of hydrogen-bond acceptors (Lipinski definition) is 5. The predicted molar refractivity (Wildman–Crippen MR) is 68.7 cm³/mol. The molecule has 6 heteroatoms. The van der Waals surface area contributed by atoms with Gasteiger partial charge in [0, 0.05) is 6.42 Å². The highest BCUT2D eigenvalue weighted by Crippen LogP contribution is 2.36. The van der Waals surface area contributed by atoms with E-state index in [1.807, 2.05) is 30.3 Å². The minimum absolute atomic E-state index is 0.150. The maximum absolute atomic E-state index is 9.99. The molecule has 1 aliphatic rings. The quantitative estimate of drug-likeness (QED) is 0.570. The van der Waals surface area contributed by atoms with Gasteiger partial charge in [0.05, 0.1) is 6.61 Å². The van der Waals surface area contributed by atoms with Crippen LogP contribution in [0.3, 0.4) is 0 Å². The molecule has 0 bridgehead atoms. The maximum atomic E-state index is 9.99. The van der Waals surface area contributed by atoms with Gasteiger partial charge in [-0.05, 0) is 5.56 Å². The molecule has 1 saturated heterocycles. The highest BCUT2D eigenvalue weighted by atomic mass is 35.5. The van der Waals surface area contributed by atoms with Crippen LogP contribution in [-0.4, -0.2) is 56.5 Å². The molecule has 0 aromatic heterocycles. The number of aliphatic hydroxyl groups excluding tert-OH is 4. The average Bonchev–Trinajstić information content (AvgIpc) is 2.42. The van der Waals surface area contributed by atoms with E-state index >= 15 is 0 Å². The first kappa shape index (κ1) is 14.7. The van der Waals surface area contributed by atoms with Gasteiger partial charge in [-0.25, -0.2) is 0 Å². The predicted octanol–water partition coefficient (Wildman–Crippen LogP) is -0.362. The van der Waals surface area contributed by atoms with Crippen molar-refractivity contribution in [3.8, 4) is 0 Å². The second-order valence-electron chi connectivity index (χ2n) is 4.71. The number of rotatable bonds is 3. The minimum atomic E-state index is -1.58. The van der Waals surface area contributed by atoms with Crippen molar-refractivity contribution in [1.29, 1.82) is 0 Å². The summed E-state index contributed by atoms with van der Waals surface area (Å²) in [6.45, 7) is -0.492. The van der Waals surface area contributed by atoms with E-state index in [2.05, 4.69) is 0 Å². The van der Waals surface area contributed by atoms with E-state index in [9.17, 15) is 15.3 Å². The van der Waals surface area contributed by atoms with Crippen LogP contribution in [0.15, 0.2) is 30.3 Å². The Bertz CT molecular complexity index is 413. The lowest BCUT2D eigenvalue weighted by Crippen LogP contribution is -2.63. The zero-order chi connectivity index (χ0) is 14.0. The molecule has 1 aliphatic heterocycles. The monoisotopic (exact) mass is 288 g/mol. The molecule has 0 aliphatic carbocycles. The van der Waals surface area contributed by atoms with Crippen molar-refractivity contribution in [2.24, 2.45) is 0 Å². The second-order valence-corrected chi connectivity index (χ2v) is 5.35. The van der Waals surface area contributed by atoms with Gasteiger partial charge in [-0.2, -0.15) is 0 Å². The molecule has 5 nitrogen and oxygen atoms in total. The van der Waals surface area contributed by atoms with Crippen molar-refractivity contribution in [2.75, 3.05) is 6.61 Å². The topological polar surface area (TPSA) is 90.2 Å². The van der Waals surface area contributed by atoms with Crippen molar-refractivity contribution in [3.05, 3.63) is 35.9 Å². The first-order valence-electron chi connectivity index (χ1n) is 6.03. The van der Waals surface area contributed by atoms with E-state index in [1.54, 1.807) is 0 Å². The smallest absolute Gasteiger partial charge is 0.174 e. The van der Waals surface area contributed by atoms with Gasteiger partial charge < -0.3 is 25.2 Å². The highest BCUT2D eigenvalue weighted by molar-refractivity contribution is 6.23. The van der Waals surface area contributed by atoms with Crippen molar-refractivity contribution in [1.82, 2.24) is 0 Å². The van der Waals surface area contributed by atoms with Crippen LogP contribution in [0.2, 0.25) is 0 Å². The molecule has 0 unspecified atom stereocenters. The van der Waals surface area contributed by atoms with Crippen LogP contribution in [0.1, 0.15) is 5.56 Å². The van der Waals surface area contributed by atoms with E-state index in [-0.39, 0.29) is 6.42 Å². The van der Waals surface area contributed by atoms with Crippen molar-refractivity contribution < 1.29 is 25.2 Å². The van der Waals surface area contributed by atoms with Crippen molar-refractivity contribution in [2.45, 2.75) is 35.9 Å². The Labute approximate surface area is 116 Å². The summed E-state index contributed by atoms with van der Waals surface area (Å²) in [5, 5.41) is 37.0. The summed E-state index contributed by atoms with van der Waals surface area (Å²) in [5.74, 6) is 0. The summed E-state index contributed by atoms with van der Waals surface area (Å²) in [4.78, 5) is 0. The summed E-state index contributed by atoms with van der Waals surface area (Å²) in [5.41, 5.74) is 0.817. The fraction of sp³-hybridized carbons (Fsp3) is 0.538. The van der Waals surface area contributed by atoms with Gasteiger partial charge in [0.15, 0.2) is 5.06 Å². The van der Waals surface area contributed by atoms with E-state index in [1.165, 1.54) is 0 Å². The molecule has 1 fully saturated rings. The second kappa shape index (κ2) is 5.75. The van der Waals surface area contributed by atoms with Crippen LogP contribution in [0.25, 0.3) is 0 Å². The number of alkyl halides is 1. The Kier molecular flexibility index (Phi) is 4.45. The molecule has 0 radical (unpaired) electrons. The normalized spacial score (nSPS) is 39.2. The molecule has 0 amide bonds. The van der Waals surface area contributed by atoms with Gasteiger partial charge in [0.25, 0.3) is 0 Å². The number of aliphatic hydroxyl groups is 4.